The normalized spacial score (nSPS) is 11.4. The van der Waals surface area contributed by atoms with E-state index in [1.807, 2.05) is 43.3 Å². The van der Waals surface area contributed by atoms with E-state index in [4.69, 9.17) is 0 Å². The van der Waals surface area contributed by atoms with Gasteiger partial charge in [0.1, 0.15) is 0 Å². The molecule has 1 aromatic heterocycles. The van der Waals surface area contributed by atoms with Gasteiger partial charge in [0, 0.05) is 13.1 Å². The van der Waals surface area contributed by atoms with E-state index in [1.54, 1.807) is 4.57 Å². The molecule has 3 aromatic rings. The van der Waals surface area contributed by atoms with Gasteiger partial charge in [0.05, 0.1) is 16.7 Å². The van der Waals surface area contributed by atoms with Crippen LogP contribution < -0.4 is 10.9 Å². The fourth-order valence-electron chi connectivity index (χ4n) is 2.78. The van der Waals surface area contributed by atoms with Crippen LogP contribution in [-0.2, 0) is 11.3 Å². The van der Waals surface area contributed by atoms with Gasteiger partial charge < -0.3 is 5.32 Å². The van der Waals surface area contributed by atoms with Crippen LogP contribution in [0.15, 0.2) is 46.3 Å². The first-order valence-electron chi connectivity index (χ1n) is 8.82. The quantitative estimate of drug-likeness (QED) is 0.411. The van der Waals surface area contributed by atoms with Gasteiger partial charge in [-0.1, -0.05) is 49.9 Å². The number of nitrogens with zero attached hydrogens (tertiary/aromatic N) is 2. The zero-order valence-corrected chi connectivity index (χ0v) is 16.1. The van der Waals surface area contributed by atoms with Gasteiger partial charge >= 0.3 is 0 Å². The molecule has 0 saturated heterocycles. The lowest BCUT2D eigenvalue weighted by atomic mass is 10.1. The second-order valence-electron chi connectivity index (χ2n) is 6.65. The predicted molar refractivity (Wildman–Crippen MR) is 108 cm³/mol. The summed E-state index contributed by atoms with van der Waals surface area (Å²) in [6, 6.07) is 11.8. The Morgan fingerprint density at radius 1 is 1.23 bits per heavy atom. The average Bonchev–Trinajstić information content (AvgIpc) is 2.63. The molecule has 2 aromatic carbocycles. The largest absolute Gasteiger partial charge is 0.355 e. The van der Waals surface area contributed by atoms with Gasteiger partial charge in [-0.15, -0.1) is 0 Å². The molecule has 0 fully saturated rings. The summed E-state index contributed by atoms with van der Waals surface area (Å²) in [6.07, 6.45) is 0. The topological polar surface area (TPSA) is 64.0 Å². The third-order valence-electron chi connectivity index (χ3n) is 4.14. The van der Waals surface area contributed by atoms with Gasteiger partial charge in [0.25, 0.3) is 5.56 Å². The molecule has 0 aliphatic heterocycles. The minimum absolute atomic E-state index is 0.0424. The predicted octanol–water partition coefficient (Wildman–Crippen LogP) is 3.43. The lowest BCUT2D eigenvalue weighted by Gasteiger charge is -2.12. The highest BCUT2D eigenvalue weighted by atomic mass is 32.2. The molecule has 26 heavy (non-hydrogen) atoms. The van der Waals surface area contributed by atoms with Crippen LogP contribution in [0.5, 0.6) is 0 Å². The van der Waals surface area contributed by atoms with Gasteiger partial charge in [-0.3, -0.25) is 14.2 Å². The van der Waals surface area contributed by atoms with Crippen molar-refractivity contribution in [3.8, 4) is 0 Å². The fourth-order valence-corrected chi connectivity index (χ4v) is 3.67. The Morgan fingerprint density at radius 2 is 1.92 bits per heavy atom. The third kappa shape index (κ3) is 3.90. The van der Waals surface area contributed by atoms with Crippen LogP contribution in [0.3, 0.4) is 0 Å². The summed E-state index contributed by atoms with van der Waals surface area (Å²) in [5.74, 6) is 0.613. The molecule has 0 atom stereocenters. The molecule has 0 bridgehead atoms. The van der Waals surface area contributed by atoms with Crippen LogP contribution in [0.1, 0.15) is 20.8 Å². The Bertz CT molecular complexity index is 1010. The molecule has 1 N–H and O–H groups in total. The van der Waals surface area contributed by atoms with E-state index in [2.05, 4.69) is 24.1 Å². The number of thioether (sulfide) groups is 1. The maximum absolute atomic E-state index is 12.9. The fraction of sp³-hybridized carbons (Fsp3) is 0.350. The smallest absolute Gasteiger partial charge is 0.262 e. The summed E-state index contributed by atoms with van der Waals surface area (Å²) in [6.45, 7) is 7.19. The molecule has 0 aliphatic rings. The lowest BCUT2D eigenvalue weighted by molar-refractivity contribution is -0.118. The molecule has 136 valence electrons. The second-order valence-corrected chi connectivity index (χ2v) is 7.59. The van der Waals surface area contributed by atoms with Gasteiger partial charge in [-0.2, -0.15) is 0 Å². The molecule has 0 radical (unpaired) electrons. The molecule has 5 nitrogen and oxygen atoms in total. The maximum atomic E-state index is 12.9. The van der Waals surface area contributed by atoms with Crippen LogP contribution in [0, 0.1) is 5.92 Å². The average molecular weight is 369 g/mol. The number of benzene rings is 2. The zero-order valence-electron chi connectivity index (χ0n) is 15.3. The van der Waals surface area contributed by atoms with E-state index in [9.17, 15) is 9.59 Å². The minimum atomic E-state index is -0.0617. The summed E-state index contributed by atoms with van der Waals surface area (Å²) >= 11 is 1.31. The number of fused-ring (bicyclic) bond motifs is 2. The Balaban J connectivity index is 1.95. The number of amides is 1. The van der Waals surface area contributed by atoms with Crippen LogP contribution in [0.4, 0.5) is 0 Å². The number of carbonyl (C=O) groups is 1. The molecule has 6 heteroatoms. The molecular weight excluding hydrogens is 346 g/mol. The molecule has 0 unspecified atom stereocenters. The Labute approximate surface area is 156 Å². The molecule has 3 rings (SSSR count). The number of rotatable bonds is 6. The molecule has 1 amide bonds. The third-order valence-corrected chi connectivity index (χ3v) is 5.12. The zero-order chi connectivity index (χ0) is 18.7. The van der Waals surface area contributed by atoms with Crippen LogP contribution in [-0.4, -0.2) is 27.8 Å². The van der Waals surface area contributed by atoms with Crippen LogP contribution >= 0.6 is 11.8 Å². The van der Waals surface area contributed by atoms with E-state index in [0.29, 0.717) is 35.1 Å². The highest BCUT2D eigenvalue weighted by molar-refractivity contribution is 7.99. The van der Waals surface area contributed by atoms with Gasteiger partial charge in [-0.05, 0) is 35.7 Å². The minimum Gasteiger partial charge on any atom is -0.355 e. The van der Waals surface area contributed by atoms with Crippen molar-refractivity contribution in [2.24, 2.45) is 5.92 Å². The Morgan fingerprint density at radius 3 is 2.58 bits per heavy atom. The van der Waals surface area contributed by atoms with Crippen molar-refractivity contribution in [1.82, 2.24) is 14.9 Å². The summed E-state index contributed by atoms with van der Waals surface area (Å²) in [7, 11) is 0. The van der Waals surface area contributed by atoms with Crippen LogP contribution in [0.2, 0.25) is 0 Å². The highest BCUT2D eigenvalue weighted by Gasteiger charge is 2.13. The van der Waals surface area contributed by atoms with E-state index in [-0.39, 0.29) is 17.2 Å². The van der Waals surface area contributed by atoms with Crippen molar-refractivity contribution in [1.29, 1.82) is 0 Å². The maximum Gasteiger partial charge on any atom is 0.262 e. The lowest BCUT2D eigenvalue weighted by Crippen LogP contribution is -2.29. The standard InChI is InChI=1S/C20H23N3O2S/c1-4-23-19(25)16-9-14-7-5-6-8-15(14)10-17(16)22-20(23)26-12-18(24)21-11-13(2)3/h5-10,13H,4,11-12H2,1-3H3,(H,21,24). The van der Waals surface area contributed by atoms with Crippen molar-refractivity contribution in [3.63, 3.8) is 0 Å². The first-order chi connectivity index (χ1) is 12.5. The number of nitrogens with one attached hydrogen (secondary N) is 1. The molecule has 0 spiro atoms. The SMILES string of the molecule is CCn1c(SCC(=O)NCC(C)C)nc2cc3ccccc3cc2c1=O. The summed E-state index contributed by atoms with van der Waals surface area (Å²) < 4.78 is 1.64. The molecular formula is C20H23N3O2S. The summed E-state index contributed by atoms with van der Waals surface area (Å²) in [5.41, 5.74) is 0.608. The molecule has 1 heterocycles. The first-order valence-corrected chi connectivity index (χ1v) is 9.81. The molecule has 0 saturated carbocycles. The number of hydrogen-bond donors (Lipinski definition) is 1. The van der Waals surface area contributed by atoms with Crippen molar-refractivity contribution in [2.45, 2.75) is 32.5 Å². The van der Waals surface area contributed by atoms with Crippen molar-refractivity contribution in [3.05, 3.63) is 46.8 Å². The number of carbonyl (C=O) groups excluding carboxylic acids is 1. The van der Waals surface area contributed by atoms with E-state index in [0.717, 1.165) is 10.8 Å². The van der Waals surface area contributed by atoms with Crippen molar-refractivity contribution < 1.29 is 4.79 Å². The first kappa shape index (κ1) is 18.5. The van der Waals surface area contributed by atoms with E-state index < -0.39 is 0 Å². The van der Waals surface area contributed by atoms with Crippen molar-refractivity contribution in [2.75, 3.05) is 12.3 Å². The van der Waals surface area contributed by atoms with Gasteiger partial charge in [0.15, 0.2) is 5.16 Å². The monoisotopic (exact) mass is 369 g/mol. The number of hydrogen-bond acceptors (Lipinski definition) is 4. The van der Waals surface area contributed by atoms with Gasteiger partial charge in [-0.25, -0.2) is 4.98 Å². The van der Waals surface area contributed by atoms with E-state index >= 15 is 0 Å². The Hall–Kier alpha value is -2.34. The van der Waals surface area contributed by atoms with Crippen molar-refractivity contribution >= 4 is 39.3 Å². The van der Waals surface area contributed by atoms with Crippen LogP contribution in [0.25, 0.3) is 21.7 Å². The summed E-state index contributed by atoms with van der Waals surface area (Å²) in [4.78, 5) is 29.6. The second kappa shape index (κ2) is 7.91. The summed E-state index contributed by atoms with van der Waals surface area (Å²) in [5, 5.41) is 6.16. The highest BCUT2D eigenvalue weighted by Crippen LogP contribution is 2.22. The van der Waals surface area contributed by atoms with E-state index in [1.165, 1.54) is 11.8 Å². The molecule has 0 aliphatic carbocycles. The van der Waals surface area contributed by atoms with Gasteiger partial charge in [0.2, 0.25) is 5.91 Å². The number of aromatic nitrogens is 2. The Kier molecular flexibility index (Phi) is 5.61.